The number of hydrogen-bond acceptors (Lipinski definition) is 5. The largest absolute Gasteiger partial charge is 0.466 e. The van der Waals surface area contributed by atoms with Crippen LogP contribution in [0, 0.1) is 0 Å². The lowest BCUT2D eigenvalue weighted by Gasteiger charge is -2.06. The molecule has 0 saturated heterocycles. The van der Waals surface area contributed by atoms with Crippen LogP contribution in [0.1, 0.15) is 18.2 Å². The summed E-state index contributed by atoms with van der Waals surface area (Å²) in [5.41, 5.74) is 2.80. The molecule has 23 heavy (non-hydrogen) atoms. The molecule has 0 amide bonds. The van der Waals surface area contributed by atoms with Gasteiger partial charge < -0.3 is 9.30 Å². The van der Waals surface area contributed by atoms with E-state index >= 15 is 0 Å². The maximum atomic E-state index is 11.7. The Labute approximate surface area is 138 Å². The van der Waals surface area contributed by atoms with Gasteiger partial charge in [0.25, 0.3) is 0 Å². The lowest BCUT2D eigenvalue weighted by molar-refractivity contribution is -0.142. The predicted octanol–water partition coefficient (Wildman–Crippen LogP) is 2.63. The quantitative estimate of drug-likeness (QED) is 0.673. The van der Waals surface area contributed by atoms with Crippen molar-refractivity contribution in [3.63, 3.8) is 0 Å². The number of hydrogen-bond donors (Lipinski definition) is 0. The zero-order chi connectivity index (χ0) is 16.2. The van der Waals surface area contributed by atoms with E-state index in [1.165, 1.54) is 6.33 Å². The molecule has 3 aromatic rings. The van der Waals surface area contributed by atoms with Crippen LogP contribution in [0.2, 0.25) is 5.02 Å². The van der Waals surface area contributed by atoms with Crippen molar-refractivity contribution in [2.24, 2.45) is 0 Å². The Bertz CT molecular complexity index is 847. The van der Waals surface area contributed by atoms with Crippen LogP contribution in [0.5, 0.6) is 0 Å². The molecule has 7 heteroatoms. The number of carbonyl (C=O) groups excluding carboxylic acids is 1. The van der Waals surface area contributed by atoms with Gasteiger partial charge in [-0.2, -0.15) is 0 Å². The van der Waals surface area contributed by atoms with Crippen LogP contribution in [0.4, 0.5) is 0 Å². The summed E-state index contributed by atoms with van der Waals surface area (Å²) < 4.78 is 6.84. The highest BCUT2D eigenvalue weighted by Gasteiger charge is 2.14. The summed E-state index contributed by atoms with van der Waals surface area (Å²) in [6.07, 6.45) is 3.19. The Kier molecular flexibility index (Phi) is 4.52. The second-order valence-electron chi connectivity index (χ2n) is 4.94. The number of imidazole rings is 1. The van der Waals surface area contributed by atoms with Gasteiger partial charge in [0.05, 0.1) is 31.6 Å². The maximum absolute atomic E-state index is 11.7. The van der Waals surface area contributed by atoms with Crippen LogP contribution >= 0.6 is 11.6 Å². The minimum Gasteiger partial charge on any atom is -0.466 e. The molecule has 0 aliphatic rings. The van der Waals surface area contributed by atoms with Crippen LogP contribution in [-0.2, 0) is 22.5 Å². The molecule has 3 rings (SSSR count). The number of esters is 1. The van der Waals surface area contributed by atoms with E-state index in [4.69, 9.17) is 16.3 Å². The second kappa shape index (κ2) is 6.75. The van der Waals surface area contributed by atoms with Crippen LogP contribution < -0.4 is 0 Å². The van der Waals surface area contributed by atoms with Crippen molar-refractivity contribution in [2.75, 3.05) is 6.61 Å². The van der Waals surface area contributed by atoms with E-state index in [2.05, 4.69) is 15.0 Å². The standard InChI is InChI=1S/C16H15ClN4O2/c1-2-23-14(22)7-13-15-16(19-9-18-13)21(10-20-15)8-11-5-3-4-6-12(11)17/h3-6,9-10H,2,7-8H2,1H3. The second-order valence-corrected chi connectivity index (χ2v) is 5.35. The third kappa shape index (κ3) is 3.32. The highest BCUT2D eigenvalue weighted by atomic mass is 35.5. The molecule has 2 aromatic heterocycles. The van der Waals surface area contributed by atoms with E-state index in [9.17, 15) is 4.79 Å². The molecule has 0 aliphatic heterocycles. The fraction of sp³-hybridized carbons (Fsp3) is 0.250. The Hall–Kier alpha value is -2.47. The Morgan fingerprint density at radius 1 is 1.26 bits per heavy atom. The van der Waals surface area contributed by atoms with Gasteiger partial charge in [-0.3, -0.25) is 4.79 Å². The first-order chi connectivity index (χ1) is 11.2. The fourth-order valence-corrected chi connectivity index (χ4v) is 2.53. The summed E-state index contributed by atoms with van der Waals surface area (Å²) in [6.45, 7) is 2.66. The van der Waals surface area contributed by atoms with Crippen molar-refractivity contribution in [1.29, 1.82) is 0 Å². The molecule has 1 aromatic carbocycles. The maximum Gasteiger partial charge on any atom is 0.311 e. The number of fused-ring (bicyclic) bond motifs is 1. The molecule has 0 fully saturated rings. The number of nitrogens with zero attached hydrogens (tertiary/aromatic N) is 4. The van der Waals surface area contributed by atoms with Gasteiger partial charge in [0.15, 0.2) is 5.65 Å². The molecule has 0 N–H and O–H groups in total. The van der Waals surface area contributed by atoms with E-state index in [0.29, 0.717) is 35.0 Å². The Morgan fingerprint density at radius 3 is 2.87 bits per heavy atom. The average molecular weight is 331 g/mol. The number of halogens is 1. The molecule has 0 aliphatic carbocycles. The van der Waals surface area contributed by atoms with Gasteiger partial charge in [0.2, 0.25) is 0 Å². The summed E-state index contributed by atoms with van der Waals surface area (Å²) in [7, 11) is 0. The number of carbonyl (C=O) groups is 1. The van der Waals surface area contributed by atoms with Gasteiger partial charge in [-0.1, -0.05) is 29.8 Å². The monoisotopic (exact) mass is 330 g/mol. The summed E-state index contributed by atoms with van der Waals surface area (Å²) in [5.74, 6) is -0.326. The summed E-state index contributed by atoms with van der Waals surface area (Å²) in [5, 5.41) is 0.690. The van der Waals surface area contributed by atoms with Crippen LogP contribution in [0.15, 0.2) is 36.9 Å². The number of rotatable bonds is 5. The number of aromatic nitrogens is 4. The van der Waals surface area contributed by atoms with Crippen molar-refractivity contribution < 1.29 is 9.53 Å². The molecule has 0 radical (unpaired) electrons. The molecule has 0 spiro atoms. The van der Waals surface area contributed by atoms with Crippen LogP contribution in [0.25, 0.3) is 11.2 Å². The van der Waals surface area contributed by atoms with Crippen molar-refractivity contribution in [1.82, 2.24) is 19.5 Å². The minimum atomic E-state index is -0.326. The van der Waals surface area contributed by atoms with E-state index in [1.807, 2.05) is 28.8 Å². The minimum absolute atomic E-state index is 0.0793. The molecule has 0 unspecified atom stereocenters. The van der Waals surface area contributed by atoms with Crippen LogP contribution in [-0.4, -0.2) is 32.1 Å². The third-order valence-corrected chi connectivity index (χ3v) is 3.76. The molecule has 0 atom stereocenters. The van der Waals surface area contributed by atoms with Crippen molar-refractivity contribution in [3.05, 3.63) is 53.2 Å². The van der Waals surface area contributed by atoms with E-state index in [-0.39, 0.29) is 12.4 Å². The van der Waals surface area contributed by atoms with Crippen molar-refractivity contribution >= 4 is 28.7 Å². The molecule has 0 saturated carbocycles. The first-order valence-electron chi connectivity index (χ1n) is 7.22. The van der Waals surface area contributed by atoms with Gasteiger partial charge in [-0.15, -0.1) is 0 Å². The smallest absolute Gasteiger partial charge is 0.311 e. The fourth-order valence-electron chi connectivity index (χ4n) is 2.33. The normalized spacial score (nSPS) is 10.9. The molecule has 6 nitrogen and oxygen atoms in total. The lowest BCUT2D eigenvalue weighted by atomic mass is 10.2. The number of benzene rings is 1. The highest BCUT2D eigenvalue weighted by Crippen LogP contribution is 2.19. The molecular weight excluding hydrogens is 316 g/mol. The SMILES string of the molecule is CCOC(=O)Cc1ncnc2c1ncn2Cc1ccccc1Cl. The van der Waals surface area contributed by atoms with Crippen molar-refractivity contribution in [2.45, 2.75) is 19.9 Å². The average Bonchev–Trinajstić information content (AvgIpc) is 2.94. The summed E-state index contributed by atoms with van der Waals surface area (Å²) in [4.78, 5) is 24.4. The summed E-state index contributed by atoms with van der Waals surface area (Å²) >= 11 is 6.20. The molecule has 0 bridgehead atoms. The van der Waals surface area contributed by atoms with Gasteiger partial charge in [-0.05, 0) is 18.6 Å². The zero-order valence-corrected chi connectivity index (χ0v) is 13.3. The van der Waals surface area contributed by atoms with Gasteiger partial charge in [0.1, 0.15) is 11.8 Å². The number of ether oxygens (including phenoxy) is 1. The first kappa shape index (κ1) is 15.4. The zero-order valence-electron chi connectivity index (χ0n) is 12.6. The predicted molar refractivity (Wildman–Crippen MR) is 86.2 cm³/mol. The third-order valence-electron chi connectivity index (χ3n) is 3.39. The molecule has 2 heterocycles. The topological polar surface area (TPSA) is 69.9 Å². The highest BCUT2D eigenvalue weighted by molar-refractivity contribution is 6.31. The van der Waals surface area contributed by atoms with E-state index in [1.54, 1.807) is 13.3 Å². The Morgan fingerprint density at radius 2 is 2.09 bits per heavy atom. The lowest BCUT2D eigenvalue weighted by Crippen LogP contribution is -2.09. The molecule has 118 valence electrons. The van der Waals surface area contributed by atoms with Crippen LogP contribution in [0.3, 0.4) is 0 Å². The van der Waals surface area contributed by atoms with Gasteiger partial charge in [0, 0.05) is 5.02 Å². The molecular formula is C16H15ClN4O2. The Balaban J connectivity index is 1.92. The van der Waals surface area contributed by atoms with Crippen molar-refractivity contribution in [3.8, 4) is 0 Å². The first-order valence-corrected chi connectivity index (χ1v) is 7.60. The summed E-state index contributed by atoms with van der Waals surface area (Å²) in [6, 6.07) is 7.62. The van der Waals surface area contributed by atoms with E-state index < -0.39 is 0 Å². The van der Waals surface area contributed by atoms with E-state index in [0.717, 1.165) is 5.56 Å². The van der Waals surface area contributed by atoms with Gasteiger partial charge in [-0.25, -0.2) is 15.0 Å². The van der Waals surface area contributed by atoms with Gasteiger partial charge >= 0.3 is 5.97 Å².